The molecular weight excluding hydrogens is 416 g/mol. The largest absolute Gasteiger partial charge is 0.369 e. The Morgan fingerprint density at radius 1 is 0.939 bits per heavy atom. The van der Waals surface area contributed by atoms with Crippen LogP contribution in [0.2, 0.25) is 0 Å². The van der Waals surface area contributed by atoms with Crippen LogP contribution in [0.5, 0.6) is 0 Å². The van der Waals surface area contributed by atoms with Crippen LogP contribution >= 0.6 is 0 Å². The predicted molar refractivity (Wildman–Crippen MR) is 135 cm³/mol. The fourth-order valence-electron chi connectivity index (χ4n) is 3.03. The molecule has 7 nitrogen and oxygen atoms in total. The summed E-state index contributed by atoms with van der Waals surface area (Å²) in [6.07, 6.45) is 1.72. The number of imide groups is 1. The lowest BCUT2D eigenvalue weighted by atomic mass is 9.84. The SMILES string of the molecule is CC.CC(C)C(C)(C)C.O=C1CCCC(=O)N1.O=C1NCc2cc(N3CCNCC3)ccc21. The Hall–Kier alpha value is -2.41. The van der Waals surface area contributed by atoms with Gasteiger partial charge in [0.05, 0.1) is 0 Å². The van der Waals surface area contributed by atoms with Crippen LogP contribution < -0.4 is 20.9 Å². The van der Waals surface area contributed by atoms with Crippen molar-refractivity contribution in [1.29, 1.82) is 0 Å². The number of nitrogens with one attached hydrogen (secondary N) is 3. The summed E-state index contributed by atoms with van der Waals surface area (Å²) < 4.78 is 0. The Balaban J connectivity index is 0.000000271. The molecule has 1 aromatic carbocycles. The smallest absolute Gasteiger partial charge is 0.251 e. The highest BCUT2D eigenvalue weighted by atomic mass is 16.2. The summed E-state index contributed by atoms with van der Waals surface area (Å²) in [4.78, 5) is 34.5. The number of fused-ring (bicyclic) bond motifs is 1. The van der Waals surface area contributed by atoms with E-state index in [-0.39, 0.29) is 17.7 Å². The van der Waals surface area contributed by atoms with Crippen LogP contribution in [0.25, 0.3) is 0 Å². The average molecular weight is 461 g/mol. The summed E-state index contributed by atoms with van der Waals surface area (Å²) in [6.45, 7) is 20.1. The molecule has 3 heterocycles. The van der Waals surface area contributed by atoms with Gasteiger partial charge in [-0.1, -0.05) is 48.5 Å². The number of piperidine rings is 1. The van der Waals surface area contributed by atoms with Crippen molar-refractivity contribution in [2.45, 2.75) is 74.3 Å². The number of nitrogens with zero attached hydrogens (tertiary/aromatic N) is 1. The number of amides is 3. The highest BCUT2D eigenvalue weighted by Crippen LogP contribution is 2.24. The van der Waals surface area contributed by atoms with E-state index in [1.165, 1.54) is 5.69 Å². The standard InChI is InChI=1S/C12H15N3O.C7H16.C5H7NO2.C2H6/c16-12-11-2-1-10(7-9(11)8-14-12)15-5-3-13-4-6-15;1-6(2)7(3,4)5;7-4-2-1-3-5(8)6-4;1-2/h1-2,7,13H,3-6,8H2,(H,14,16);6H,1-5H3;1-3H2,(H,6,7,8);1-2H3. The van der Waals surface area contributed by atoms with Crippen molar-refractivity contribution in [3.63, 3.8) is 0 Å². The van der Waals surface area contributed by atoms with Gasteiger partial charge in [-0.3, -0.25) is 19.7 Å². The van der Waals surface area contributed by atoms with Gasteiger partial charge in [0.2, 0.25) is 11.8 Å². The Kier molecular flexibility index (Phi) is 12.1. The summed E-state index contributed by atoms with van der Waals surface area (Å²) in [5.74, 6) is 0.580. The summed E-state index contributed by atoms with van der Waals surface area (Å²) in [5, 5.41) is 8.38. The molecule has 7 heteroatoms. The first-order valence-corrected chi connectivity index (χ1v) is 12.3. The number of anilines is 1. The highest BCUT2D eigenvalue weighted by Gasteiger charge is 2.20. The van der Waals surface area contributed by atoms with Gasteiger partial charge in [0, 0.05) is 56.8 Å². The van der Waals surface area contributed by atoms with Gasteiger partial charge in [-0.25, -0.2) is 0 Å². The van der Waals surface area contributed by atoms with Crippen LogP contribution in [0, 0.1) is 11.3 Å². The van der Waals surface area contributed by atoms with E-state index in [9.17, 15) is 14.4 Å². The van der Waals surface area contributed by atoms with Gasteiger partial charge in [-0.05, 0) is 41.5 Å². The molecule has 186 valence electrons. The van der Waals surface area contributed by atoms with Gasteiger partial charge in [0.1, 0.15) is 0 Å². The molecule has 0 unspecified atom stereocenters. The van der Waals surface area contributed by atoms with E-state index in [2.05, 4.69) is 67.6 Å². The summed E-state index contributed by atoms with van der Waals surface area (Å²) in [6, 6.07) is 6.13. The van der Waals surface area contributed by atoms with Crippen LogP contribution in [0.3, 0.4) is 0 Å². The quantitative estimate of drug-likeness (QED) is 0.554. The van der Waals surface area contributed by atoms with Gasteiger partial charge >= 0.3 is 0 Å². The third kappa shape index (κ3) is 9.95. The lowest BCUT2D eigenvalue weighted by Crippen LogP contribution is -2.43. The second kappa shape index (κ2) is 14.0. The number of benzene rings is 1. The van der Waals surface area contributed by atoms with E-state index in [1.807, 2.05) is 19.9 Å². The molecule has 2 saturated heterocycles. The van der Waals surface area contributed by atoms with Gasteiger partial charge in [0.15, 0.2) is 0 Å². The second-order valence-corrected chi connectivity index (χ2v) is 9.61. The number of carbonyl (C=O) groups is 3. The van der Waals surface area contributed by atoms with Crippen molar-refractivity contribution in [2.24, 2.45) is 11.3 Å². The zero-order chi connectivity index (χ0) is 25.0. The first-order valence-electron chi connectivity index (χ1n) is 12.3. The monoisotopic (exact) mass is 460 g/mol. The van der Waals surface area contributed by atoms with E-state index in [0.29, 0.717) is 31.2 Å². The van der Waals surface area contributed by atoms with E-state index in [4.69, 9.17) is 0 Å². The maximum absolute atomic E-state index is 11.4. The minimum atomic E-state index is -0.138. The normalized spacial score (nSPS) is 17.3. The van der Waals surface area contributed by atoms with Crippen LogP contribution in [-0.2, 0) is 16.1 Å². The van der Waals surface area contributed by atoms with Crippen molar-refractivity contribution in [1.82, 2.24) is 16.0 Å². The van der Waals surface area contributed by atoms with Crippen molar-refractivity contribution < 1.29 is 14.4 Å². The number of carbonyl (C=O) groups excluding carboxylic acids is 3. The third-order valence-electron chi connectivity index (χ3n) is 6.07. The van der Waals surface area contributed by atoms with Crippen LogP contribution in [0.15, 0.2) is 18.2 Å². The van der Waals surface area contributed by atoms with Crippen LogP contribution in [-0.4, -0.2) is 43.9 Å². The molecule has 33 heavy (non-hydrogen) atoms. The molecule has 0 bridgehead atoms. The fraction of sp³-hybridized carbons (Fsp3) is 0.654. The summed E-state index contributed by atoms with van der Waals surface area (Å²) >= 11 is 0. The minimum Gasteiger partial charge on any atom is -0.369 e. The van der Waals surface area contributed by atoms with Crippen molar-refractivity contribution in [3.8, 4) is 0 Å². The third-order valence-corrected chi connectivity index (χ3v) is 6.07. The lowest BCUT2D eigenvalue weighted by Gasteiger charge is -2.29. The molecular formula is C26H44N4O3. The number of piperazine rings is 1. The fourth-order valence-corrected chi connectivity index (χ4v) is 3.03. The summed E-state index contributed by atoms with van der Waals surface area (Å²) in [7, 11) is 0. The molecule has 0 saturated carbocycles. The second-order valence-electron chi connectivity index (χ2n) is 9.61. The van der Waals surface area contributed by atoms with Crippen LogP contribution in [0.4, 0.5) is 5.69 Å². The Bertz CT molecular complexity index is 764. The van der Waals surface area contributed by atoms with Gasteiger partial charge < -0.3 is 15.5 Å². The topological polar surface area (TPSA) is 90.5 Å². The molecule has 3 aliphatic heterocycles. The molecule has 0 aromatic heterocycles. The Morgan fingerprint density at radius 3 is 1.94 bits per heavy atom. The zero-order valence-electron chi connectivity index (χ0n) is 21.6. The Morgan fingerprint density at radius 2 is 1.48 bits per heavy atom. The molecule has 3 aliphatic rings. The first kappa shape index (κ1) is 28.6. The number of hydrogen-bond donors (Lipinski definition) is 3. The Labute approximate surface area is 200 Å². The van der Waals surface area contributed by atoms with E-state index < -0.39 is 0 Å². The van der Waals surface area contributed by atoms with Gasteiger partial charge in [-0.2, -0.15) is 0 Å². The molecule has 4 rings (SSSR count). The van der Waals surface area contributed by atoms with Gasteiger partial charge in [0.25, 0.3) is 5.91 Å². The highest BCUT2D eigenvalue weighted by molar-refractivity contribution is 5.98. The molecule has 0 aliphatic carbocycles. The lowest BCUT2D eigenvalue weighted by molar-refractivity contribution is -0.132. The maximum Gasteiger partial charge on any atom is 0.251 e. The van der Waals surface area contributed by atoms with Crippen LogP contribution in [0.1, 0.15) is 83.7 Å². The van der Waals surface area contributed by atoms with Crippen molar-refractivity contribution in [3.05, 3.63) is 29.3 Å². The molecule has 2 fully saturated rings. The average Bonchev–Trinajstić information content (AvgIpc) is 3.16. The van der Waals surface area contributed by atoms with E-state index in [0.717, 1.165) is 43.2 Å². The molecule has 0 spiro atoms. The van der Waals surface area contributed by atoms with Gasteiger partial charge in [-0.15, -0.1) is 0 Å². The number of rotatable bonds is 1. The molecule has 0 atom stereocenters. The predicted octanol–water partition coefficient (Wildman–Crippen LogP) is 3.87. The first-order chi connectivity index (χ1) is 15.6. The van der Waals surface area contributed by atoms with Crippen molar-refractivity contribution in [2.75, 3.05) is 31.1 Å². The minimum absolute atomic E-state index is 0.0573. The zero-order valence-corrected chi connectivity index (χ0v) is 21.6. The molecule has 0 radical (unpaired) electrons. The molecule has 1 aromatic rings. The number of hydrogen-bond acceptors (Lipinski definition) is 5. The van der Waals surface area contributed by atoms with E-state index >= 15 is 0 Å². The van der Waals surface area contributed by atoms with E-state index in [1.54, 1.807) is 0 Å². The maximum atomic E-state index is 11.4. The summed E-state index contributed by atoms with van der Waals surface area (Å²) in [5.41, 5.74) is 3.69. The molecule has 3 N–H and O–H groups in total. The molecule has 3 amide bonds. The van der Waals surface area contributed by atoms with Crippen molar-refractivity contribution >= 4 is 23.4 Å².